The van der Waals surface area contributed by atoms with Gasteiger partial charge in [-0.05, 0) is 424 Å². The van der Waals surface area contributed by atoms with Gasteiger partial charge in [0.05, 0.1) is 65.7 Å². The third-order valence-electron chi connectivity index (χ3n) is 42.9. The topological polar surface area (TPSA) is 263 Å². The smallest absolute Gasteiger partial charge is 0.323 e. The van der Waals surface area contributed by atoms with Crippen LogP contribution in [0.3, 0.4) is 0 Å². The molecule has 138 heavy (non-hydrogen) atoms. The van der Waals surface area contributed by atoms with E-state index in [1.165, 1.54) is 321 Å². The Bertz CT molecular complexity index is 3670. The van der Waals surface area contributed by atoms with E-state index in [4.69, 9.17) is 47.4 Å². The Hall–Kier alpha value is -5.30. The minimum atomic E-state index is -1.21. The molecule has 20 bridgehead atoms. The second kappa shape index (κ2) is 49.3. The van der Waals surface area contributed by atoms with Crippen molar-refractivity contribution in [1.29, 1.82) is 0 Å². The molecule has 30 saturated carbocycles. The molecular formula is C118H186O20. The molecule has 0 aliphatic heterocycles. The van der Waals surface area contributed by atoms with Gasteiger partial charge < -0.3 is 47.4 Å². The molecule has 30 aliphatic rings. The molecule has 12 atom stereocenters. The number of fused-ring (bicyclic) bond motifs is 30. The van der Waals surface area contributed by atoms with E-state index < -0.39 is 40.1 Å². The Morgan fingerprint density at radius 3 is 0.572 bits per heavy atom. The van der Waals surface area contributed by atoms with Crippen molar-refractivity contribution in [1.82, 2.24) is 0 Å². The summed E-state index contributed by atoms with van der Waals surface area (Å²) in [6.45, 7) is 19.1. The van der Waals surface area contributed by atoms with Crippen LogP contribution in [0.5, 0.6) is 0 Å². The van der Waals surface area contributed by atoms with Gasteiger partial charge in [0.2, 0.25) is 0 Å². The van der Waals surface area contributed by atoms with Crippen molar-refractivity contribution in [2.75, 3.05) is 52.9 Å². The van der Waals surface area contributed by atoms with Crippen molar-refractivity contribution >= 4 is 59.7 Å². The number of carbonyl (C=O) groups excluding carboxylic acids is 10. The monoisotopic (exact) mass is 1920 g/mol. The van der Waals surface area contributed by atoms with Gasteiger partial charge >= 0.3 is 59.7 Å². The van der Waals surface area contributed by atoms with Crippen molar-refractivity contribution in [3.8, 4) is 0 Å². The standard InChI is InChI=1S/C27H44O4.C25H40O4.C23H36O4.C22H34O4.C21H32O4/c1-5-27(6-2,25(28)30-17(3)23-15-19-7-11-21(23)12-8-19)26(29)31-18(4)24-16-20-9-13-22(24)14-10-20;1-3-25(4-2,23(26)28-15-21-13-17-5-9-19(21)10-6-17)24(27)29-16-22-14-18-7-11-20(22)12-8-18;1-23(2,21(24)26-13-19-11-15-3-7-17(19)8-4-15)22(25)27-14-20-12-16-5-9-18(20)10-6-16;23-21(25-13-19-11-15-1-5-17(19)6-2-15)9-10-22(24)26-14-20-12-16-3-7-18(20)8-4-16;22-20(24-12-18-9-14-1-5-16(18)6-2-14)11-21(23)25-13-19-10-15-3-7-17(19)8-4-15/h17-24H,5-16H2,1-4H3;17-22H,3-16H2,1-2H3;15-20H,3-14H2,1-2H3;15-20H,1-14H2;14-19H,1-13H2. The van der Waals surface area contributed by atoms with E-state index in [2.05, 4.69) is 0 Å². The number of hydrogen-bond donors (Lipinski definition) is 0. The summed E-state index contributed by atoms with van der Waals surface area (Å²) in [5, 5.41) is 0. The predicted molar refractivity (Wildman–Crippen MR) is 528 cm³/mol. The van der Waals surface area contributed by atoms with E-state index in [-0.39, 0.29) is 67.3 Å². The van der Waals surface area contributed by atoms with Crippen LogP contribution < -0.4 is 0 Å². The summed E-state index contributed by atoms with van der Waals surface area (Å²) in [7, 11) is 0. The Labute approximate surface area is 830 Å². The molecule has 0 heterocycles. The fourth-order valence-electron chi connectivity index (χ4n) is 33.1. The van der Waals surface area contributed by atoms with Crippen molar-refractivity contribution in [3.63, 3.8) is 0 Å². The molecule has 0 spiro atoms. The molecule has 778 valence electrons. The maximum absolute atomic E-state index is 13.4. The molecule has 12 unspecified atom stereocenters. The van der Waals surface area contributed by atoms with E-state index in [9.17, 15) is 47.9 Å². The highest BCUT2D eigenvalue weighted by Gasteiger charge is 2.54. The van der Waals surface area contributed by atoms with E-state index in [0.29, 0.717) is 173 Å². The van der Waals surface area contributed by atoms with Gasteiger partial charge in [0, 0.05) is 0 Å². The van der Waals surface area contributed by atoms with Gasteiger partial charge in [-0.1, -0.05) is 156 Å². The average molecular weight is 1920 g/mol. The summed E-state index contributed by atoms with van der Waals surface area (Å²) >= 11 is 0. The third-order valence-corrected chi connectivity index (χ3v) is 42.9. The third kappa shape index (κ3) is 26.6. The minimum Gasteiger partial charge on any atom is -0.465 e. The summed E-state index contributed by atoms with van der Waals surface area (Å²) in [6.07, 6.45) is 66.3. The van der Waals surface area contributed by atoms with Gasteiger partial charge in [-0.2, -0.15) is 0 Å². The van der Waals surface area contributed by atoms with Crippen molar-refractivity contribution in [2.45, 2.75) is 434 Å². The van der Waals surface area contributed by atoms with Crippen LogP contribution in [0.15, 0.2) is 0 Å². The second-order valence-electron chi connectivity index (χ2n) is 50.8. The minimum absolute atomic E-state index is 0.114. The van der Waals surface area contributed by atoms with Gasteiger partial charge in [-0.25, -0.2) is 0 Å². The van der Waals surface area contributed by atoms with Crippen LogP contribution in [0, 0.1) is 194 Å². The number of hydrogen-bond acceptors (Lipinski definition) is 20. The van der Waals surface area contributed by atoms with E-state index >= 15 is 0 Å². The lowest BCUT2D eigenvalue weighted by atomic mass is 9.63. The molecule has 20 heteroatoms. The summed E-state index contributed by atoms with van der Waals surface area (Å²) in [6, 6.07) is 0. The Morgan fingerprint density at radius 2 is 0.391 bits per heavy atom. The molecule has 0 N–H and O–H groups in total. The summed E-state index contributed by atoms with van der Waals surface area (Å²) in [5.41, 5.74) is -3.49. The summed E-state index contributed by atoms with van der Waals surface area (Å²) in [4.78, 5) is 126. The van der Waals surface area contributed by atoms with Gasteiger partial charge in [0.25, 0.3) is 0 Å². The molecule has 0 aromatic rings. The first-order valence-corrected chi connectivity index (χ1v) is 58.4. The molecule has 0 radical (unpaired) electrons. The van der Waals surface area contributed by atoms with Crippen LogP contribution in [0.4, 0.5) is 0 Å². The van der Waals surface area contributed by atoms with Gasteiger partial charge in [0.1, 0.15) is 18.6 Å². The van der Waals surface area contributed by atoms with Crippen LogP contribution >= 0.6 is 0 Å². The lowest BCUT2D eigenvalue weighted by Gasteiger charge is -2.45. The van der Waals surface area contributed by atoms with Crippen LogP contribution in [-0.4, -0.2) is 125 Å². The quantitative estimate of drug-likeness (QED) is 0.0324. The van der Waals surface area contributed by atoms with Crippen molar-refractivity contribution < 1.29 is 95.3 Å². The molecule has 0 amide bonds. The highest BCUT2D eigenvalue weighted by Crippen LogP contribution is 2.55. The van der Waals surface area contributed by atoms with Crippen LogP contribution in [0.2, 0.25) is 0 Å². The zero-order valence-corrected chi connectivity index (χ0v) is 87.1. The Kier molecular flexibility index (Phi) is 37.7. The SMILES string of the molecule is CC(C)(C(=O)OCC1CC2CCC1CC2)C(=O)OCC1CC2CCC1CC2.CCC(CC)(C(=O)OC(C)C1CC2CCC1CC2)C(=O)OC(C)C1CC2CCC1CC2.CCC(CC)(C(=O)OCC1CC2CCC1CC2)C(=O)OCC1CC2CCC1CC2.O=C(CC(=O)OCC1CC2CCC1CC2)OCC1CC2CCC1CC2.O=C(CCC(=O)OCC1CC2CCC1CC2)OCC1CC2CCC1CC2. The van der Waals surface area contributed by atoms with Crippen molar-refractivity contribution in [2.24, 2.45) is 194 Å². The first-order valence-electron chi connectivity index (χ1n) is 58.4. The maximum atomic E-state index is 13.4. The maximum Gasteiger partial charge on any atom is 0.323 e. The zero-order chi connectivity index (χ0) is 96.8. The largest absolute Gasteiger partial charge is 0.465 e. The van der Waals surface area contributed by atoms with E-state index in [0.717, 1.165) is 82.9 Å². The normalized spacial score (nSPS) is 37.5. The average Bonchev–Trinajstić information content (AvgIpc) is 0.783. The lowest BCUT2D eigenvalue weighted by molar-refractivity contribution is -0.185. The fourth-order valence-corrected chi connectivity index (χ4v) is 33.1. The van der Waals surface area contributed by atoms with Crippen molar-refractivity contribution in [3.05, 3.63) is 0 Å². The second-order valence-corrected chi connectivity index (χ2v) is 50.8. The fraction of sp³-hybridized carbons (Fsp3) is 0.915. The molecule has 30 fully saturated rings. The Morgan fingerprint density at radius 1 is 0.217 bits per heavy atom. The predicted octanol–water partition coefficient (Wildman–Crippen LogP) is 25.2. The van der Waals surface area contributed by atoms with Crippen LogP contribution in [0.25, 0.3) is 0 Å². The molecule has 30 rings (SSSR count). The number of ether oxygens (including phenoxy) is 10. The van der Waals surface area contributed by atoms with Gasteiger partial charge in [-0.15, -0.1) is 0 Å². The molecule has 0 saturated heterocycles. The van der Waals surface area contributed by atoms with E-state index in [1.54, 1.807) is 13.8 Å². The number of rotatable bonds is 35. The summed E-state index contributed by atoms with van der Waals surface area (Å²) in [5.74, 6) is 16.9. The molecule has 30 aliphatic carbocycles. The van der Waals surface area contributed by atoms with Gasteiger partial charge in [0.15, 0.2) is 16.2 Å². The number of esters is 10. The van der Waals surface area contributed by atoms with Gasteiger partial charge in [-0.3, -0.25) is 47.9 Å². The van der Waals surface area contributed by atoms with Crippen LogP contribution in [0.1, 0.15) is 421 Å². The number of carbonyl (C=O) groups is 10. The van der Waals surface area contributed by atoms with E-state index in [1.807, 2.05) is 41.5 Å². The van der Waals surface area contributed by atoms with Crippen LogP contribution in [-0.2, 0) is 95.3 Å². The first-order chi connectivity index (χ1) is 66.7. The highest BCUT2D eigenvalue weighted by atomic mass is 16.6. The molecule has 0 aromatic carbocycles. The lowest BCUT2D eigenvalue weighted by Crippen LogP contribution is -2.47. The molecule has 0 aromatic heterocycles. The molecular weight excluding hydrogens is 1740 g/mol. The highest BCUT2D eigenvalue weighted by molar-refractivity contribution is 6.01. The molecule has 20 nitrogen and oxygen atoms in total. The first kappa shape index (κ1) is 106. The summed E-state index contributed by atoms with van der Waals surface area (Å²) < 4.78 is 56.7. The zero-order valence-electron chi connectivity index (χ0n) is 87.1. The Balaban J connectivity index is 0.000000125.